The zero-order valence-corrected chi connectivity index (χ0v) is 14.0. The van der Waals surface area contributed by atoms with Crippen molar-refractivity contribution >= 4 is 23.4 Å². The number of halogens is 1. The minimum atomic E-state index is -0.849. The summed E-state index contributed by atoms with van der Waals surface area (Å²) in [5.74, 6) is -0.271. The molecule has 2 fully saturated rings. The number of nitrogens with one attached hydrogen (secondary N) is 2. The molecule has 0 radical (unpaired) electrons. The van der Waals surface area contributed by atoms with Crippen LogP contribution < -0.4 is 10.6 Å². The Balaban J connectivity index is 1.55. The fourth-order valence-corrected chi connectivity index (χ4v) is 3.44. The maximum absolute atomic E-state index is 12.5. The highest BCUT2D eigenvalue weighted by Gasteiger charge is 2.56. The molecule has 0 aromatic heterocycles. The van der Waals surface area contributed by atoms with Crippen LogP contribution in [0.3, 0.4) is 0 Å². The van der Waals surface area contributed by atoms with E-state index in [0.717, 1.165) is 31.2 Å². The van der Waals surface area contributed by atoms with Gasteiger partial charge in [-0.2, -0.15) is 0 Å². The smallest absolute Gasteiger partial charge is 0.235 e. The first-order valence-electron chi connectivity index (χ1n) is 8.44. The summed E-state index contributed by atoms with van der Waals surface area (Å²) < 4.78 is 0. The third kappa shape index (κ3) is 3.69. The van der Waals surface area contributed by atoms with Crippen LogP contribution in [-0.4, -0.2) is 17.9 Å². The quantitative estimate of drug-likeness (QED) is 0.812. The van der Waals surface area contributed by atoms with E-state index in [4.69, 9.17) is 11.6 Å². The number of carbonyl (C=O) groups excluding carboxylic acids is 2. The Morgan fingerprint density at radius 3 is 2.43 bits per heavy atom. The van der Waals surface area contributed by atoms with Gasteiger partial charge in [0.1, 0.15) is 5.41 Å². The van der Waals surface area contributed by atoms with Gasteiger partial charge in [-0.15, -0.1) is 0 Å². The number of amides is 2. The molecule has 0 aliphatic heterocycles. The summed E-state index contributed by atoms with van der Waals surface area (Å²) in [7, 11) is 0. The molecule has 1 aromatic rings. The topological polar surface area (TPSA) is 58.2 Å². The minimum absolute atomic E-state index is 0.0962. The predicted molar refractivity (Wildman–Crippen MR) is 90.0 cm³/mol. The van der Waals surface area contributed by atoms with E-state index >= 15 is 0 Å². The van der Waals surface area contributed by atoms with Gasteiger partial charge in [-0.3, -0.25) is 9.59 Å². The van der Waals surface area contributed by atoms with Gasteiger partial charge in [-0.05, 0) is 37.3 Å². The van der Waals surface area contributed by atoms with E-state index in [-0.39, 0.29) is 17.9 Å². The van der Waals surface area contributed by atoms with Crippen LogP contribution in [0.2, 0.25) is 5.02 Å². The van der Waals surface area contributed by atoms with E-state index in [0.29, 0.717) is 24.4 Å². The van der Waals surface area contributed by atoms with E-state index in [1.165, 1.54) is 6.42 Å². The SMILES string of the molecule is O=C(NCc1ccccc1Cl)C1(C(=O)NC2CCCCC2)CC1. The molecule has 4 nitrogen and oxygen atoms in total. The van der Waals surface area contributed by atoms with Crippen molar-refractivity contribution in [1.29, 1.82) is 0 Å². The summed E-state index contributed by atoms with van der Waals surface area (Å²) in [4.78, 5) is 25.0. The molecular weight excluding hydrogens is 312 g/mol. The maximum Gasteiger partial charge on any atom is 0.235 e. The van der Waals surface area contributed by atoms with Crippen molar-refractivity contribution in [3.8, 4) is 0 Å². The molecule has 2 saturated carbocycles. The molecule has 1 aromatic carbocycles. The van der Waals surface area contributed by atoms with Crippen LogP contribution in [0.1, 0.15) is 50.5 Å². The Morgan fingerprint density at radius 2 is 1.78 bits per heavy atom. The average molecular weight is 335 g/mol. The molecule has 2 aliphatic carbocycles. The van der Waals surface area contributed by atoms with Crippen LogP contribution in [0.4, 0.5) is 0 Å². The van der Waals surface area contributed by atoms with E-state index < -0.39 is 5.41 Å². The molecule has 2 N–H and O–H groups in total. The first-order chi connectivity index (χ1) is 11.1. The van der Waals surface area contributed by atoms with Gasteiger partial charge in [-0.25, -0.2) is 0 Å². The molecule has 0 saturated heterocycles. The van der Waals surface area contributed by atoms with Gasteiger partial charge in [0.2, 0.25) is 11.8 Å². The van der Waals surface area contributed by atoms with Crippen molar-refractivity contribution < 1.29 is 9.59 Å². The van der Waals surface area contributed by atoms with E-state index in [1.807, 2.05) is 18.2 Å². The van der Waals surface area contributed by atoms with Crippen LogP contribution in [0.15, 0.2) is 24.3 Å². The summed E-state index contributed by atoms with van der Waals surface area (Å²) in [5.41, 5.74) is 0.0182. The second-order valence-electron chi connectivity index (χ2n) is 6.66. The molecule has 3 rings (SSSR count). The zero-order valence-electron chi connectivity index (χ0n) is 13.2. The fourth-order valence-electron chi connectivity index (χ4n) is 3.24. The standard InChI is InChI=1S/C18H23ClN2O2/c19-15-9-5-4-6-13(15)12-20-16(22)18(10-11-18)17(23)21-14-7-2-1-3-8-14/h4-6,9,14H,1-3,7-8,10-12H2,(H,20,22)(H,21,23). The first-order valence-corrected chi connectivity index (χ1v) is 8.82. The normalized spacial score (nSPS) is 19.9. The van der Waals surface area contributed by atoms with Gasteiger partial charge >= 0.3 is 0 Å². The van der Waals surface area contributed by atoms with Gasteiger partial charge in [0.15, 0.2) is 0 Å². The Labute approximate surface area is 142 Å². The molecule has 2 amide bonds. The average Bonchev–Trinajstić information content (AvgIpc) is 3.37. The Morgan fingerprint density at radius 1 is 1.09 bits per heavy atom. The second kappa shape index (κ2) is 6.91. The van der Waals surface area contributed by atoms with Crippen molar-refractivity contribution in [1.82, 2.24) is 10.6 Å². The van der Waals surface area contributed by atoms with Crippen LogP contribution in [0.5, 0.6) is 0 Å². The summed E-state index contributed by atoms with van der Waals surface area (Å²) >= 11 is 6.10. The summed E-state index contributed by atoms with van der Waals surface area (Å²) in [5, 5.41) is 6.59. The van der Waals surface area contributed by atoms with Gasteiger partial charge in [0.25, 0.3) is 0 Å². The van der Waals surface area contributed by atoms with Crippen molar-refractivity contribution in [3.05, 3.63) is 34.9 Å². The van der Waals surface area contributed by atoms with Gasteiger partial charge in [0.05, 0.1) is 0 Å². The number of benzene rings is 1. The summed E-state index contributed by atoms with van der Waals surface area (Å²) in [6.45, 7) is 0.358. The van der Waals surface area contributed by atoms with Gasteiger partial charge in [-0.1, -0.05) is 49.1 Å². The molecule has 124 valence electrons. The highest BCUT2D eigenvalue weighted by molar-refractivity contribution is 6.31. The van der Waals surface area contributed by atoms with Crippen molar-refractivity contribution in [2.75, 3.05) is 0 Å². The maximum atomic E-state index is 12.5. The van der Waals surface area contributed by atoms with Crippen LogP contribution in [0, 0.1) is 5.41 Å². The molecule has 0 heterocycles. The molecule has 2 aliphatic rings. The van der Waals surface area contributed by atoms with Crippen LogP contribution in [-0.2, 0) is 16.1 Å². The van der Waals surface area contributed by atoms with Crippen LogP contribution >= 0.6 is 11.6 Å². The lowest BCUT2D eigenvalue weighted by atomic mass is 9.94. The minimum Gasteiger partial charge on any atom is -0.352 e. The van der Waals surface area contributed by atoms with Crippen molar-refractivity contribution in [2.24, 2.45) is 5.41 Å². The van der Waals surface area contributed by atoms with Crippen molar-refractivity contribution in [2.45, 2.75) is 57.5 Å². The van der Waals surface area contributed by atoms with Gasteiger partial charge in [0, 0.05) is 17.6 Å². The highest BCUT2D eigenvalue weighted by Crippen LogP contribution is 2.46. The molecule has 0 bridgehead atoms. The summed E-state index contributed by atoms with van der Waals surface area (Å²) in [6.07, 6.45) is 6.91. The number of hydrogen-bond donors (Lipinski definition) is 2. The lowest BCUT2D eigenvalue weighted by molar-refractivity contribution is -0.137. The largest absolute Gasteiger partial charge is 0.352 e. The predicted octanol–water partition coefficient (Wildman–Crippen LogP) is 3.19. The van der Waals surface area contributed by atoms with E-state index in [1.54, 1.807) is 6.07 Å². The second-order valence-corrected chi connectivity index (χ2v) is 7.07. The monoisotopic (exact) mass is 334 g/mol. The molecule has 0 atom stereocenters. The third-order valence-electron chi connectivity index (χ3n) is 4.96. The lowest BCUT2D eigenvalue weighted by Gasteiger charge is -2.25. The van der Waals surface area contributed by atoms with Crippen LogP contribution in [0.25, 0.3) is 0 Å². The molecule has 0 unspecified atom stereocenters. The highest BCUT2D eigenvalue weighted by atomic mass is 35.5. The number of hydrogen-bond acceptors (Lipinski definition) is 2. The number of rotatable bonds is 5. The van der Waals surface area contributed by atoms with Crippen molar-refractivity contribution in [3.63, 3.8) is 0 Å². The zero-order chi connectivity index (χ0) is 16.3. The molecule has 0 spiro atoms. The molecular formula is C18H23ClN2O2. The third-order valence-corrected chi connectivity index (χ3v) is 5.33. The number of carbonyl (C=O) groups is 2. The van der Waals surface area contributed by atoms with Gasteiger partial charge < -0.3 is 10.6 Å². The summed E-state index contributed by atoms with van der Waals surface area (Å²) in [6, 6.07) is 7.66. The fraction of sp³-hybridized carbons (Fsp3) is 0.556. The Hall–Kier alpha value is -1.55. The molecule has 23 heavy (non-hydrogen) atoms. The Kier molecular flexibility index (Phi) is 4.90. The lowest BCUT2D eigenvalue weighted by Crippen LogP contribution is -2.46. The Bertz CT molecular complexity index is 592. The van der Waals surface area contributed by atoms with E-state index in [2.05, 4.69) is 10.6 Å². The van der Waals surface area contributed by atoms with E-state index in [9.17, 15) is 9.59 Å². The first kappa shape index (κ1) is 16.3. The molecule has 5 heteroatoms.